The lowest BCUT2D eigenvalue weighted by molar-refractivity contribution is -0.138. The summed E-state index contributed by atoms with van der Waals surface area (Å²) in [5.41, 5.74) is 6.84. The second kappa shape index (κ2) is 6.29. The smallest absolute Gasteiger partial charge is 0.320 e. The Morgan fingerprint density at radius 1 is 1.47 bits per heavy atom. The average Bonchev–Trinajstić information content (AvgIpc) is 2.30. The van der Waals surface area contributed by atoms with E-state index in [-0.39, 0.29) is 12.3 Å². The molecule has 0 heterocycles. The number of carbonyl (C=O) groups is 2. The van der Waals surface area contributed by atoms with E-state index in [4.69, 9.17) is 10.8 Å². The summed E-state index contributed by atoms with van der Waals surface area (Å²) in [7, 11) is 0. The number of nitrogens with two attached hydrogens (primary N) is 1. The molecule has 5 nitrogen and oxygen atoms in total. The number of aryl methyl sites for hydroxylation is 1. The fourth-order valence-corrected chi connectivity index (χ4v) is 1.71. The Morgan fingerprint density at radius 3 is 2.63 bits per heavy atom. The van der Waals surface area contributed by atoms with E-state index in [1.165, 1.54) is 13.0 Å². The lowest BCUT2D eigenvalue weighted by atomic mass is 10.00. The Bertz CT molecular complexity index is 503. The van der Waals surface area contributed by atoms with Crippen molar-refractivity contribution in [2.45, 2.75) is 32.7 Å². The number of aliphatic carboxylic acids is 1. The molecule has 0 unspecified atom stereocenters. The van der Waals surface area contributed by atoms with Gasteiger partial charge in [0.2, 0.25) is 5.91 Å². The first-order valence-electron chi connectivity index (χ1n) is 5.86. The minimum Gasteiger partial charge on any atom is -0.480 e. The summed E-state index contributed by atoms with van der Waals surface area (Å²) >= 11 is 0. The molecule has 1 rings (SSSR count). The molecule has 0 saturated carbocycles. The summed E-state index contributed by atoms with van der Waals surface area (Å²) < 4.78 is 13.7. The van der Waals surface area contributed by atoms with Crippen molar-refractivity contribution in [3.63, 3.8) is 0 Å². The number of carboxylic acid groups (broad SMARTS) is 1. The molecule has 0 aliphatic carbocycles. The summed E-state index contributed by atoms with van der Waals surface area (Å²) in [5, 5.41) is 11.2. The number of nitrogens with one attached hydrogen (secondary N) is 1. The van der Waals surface area contributed by atoms with Gasteiger partial charge in [-0.15, -0.1) is 0 Å². The number of rotatable bonds is 5. The molecule has 0 aliphatic heterocycles. The highest BCUT2D eigenvalue weighted by Gasteiger charge is 2.14. The fourth-order valence-electron chi connectivity index (χ4n) is 1.71. The van der Waals surface area contributed by atoms with E-state index in [1.807, 2.05) is 0 Å². The molecule has 0 bridgehead atoms. The molecule has 1 amide bonds. The quantitative estimate of drug-likeness (QED) is 0.753. The van der Waals surface area contributed by atoms with Crippen LogP contribution in [0.25, 0.3) is 0 Å². The van der Waals surface area contributed by atoms with Gasteiger partial charge in [0.1, 0.15) is 11.9 Å². The van der Waals surface area contributed by atoms with E-state index in [1.54, 1.807) is 13.0 Å². The highest BCUT2D eigenvalue weighted by atomic mass is 19.1. The van der Waals surface area contributed by atoms with E-state index in [9.17, 15) is 14.0 Å². The van der Waals surface area contributed by atoms with E-state index in [2.05, 4.69) is 5.32 Å². The third-order valence-electron chi connectivity index (χ3n) is 2.81. The number of anilines is 1. The van der Waals surface area contributed by atoms with Gasteiger partial charge in [-0.1, -0.05) is 0 Å². The van der Waals surface area contributed by atoms with Gasteiger partial charge in [-0.3, -0.25) is 9.59 Å². The number of carbonyl (C=O) groups excluding carboxylic acids is 1. The Morgan fingerprint density at radius 2 is 2.11 bits per heavy atom. The standard InChI is InChI=1S/C13H17FN2O3/c1-7-9(3-4-12(15)13(18)19)5-10(6-11(7)14)16-8(2)17/h5-6,12H,3-4,15H2,1-2H3,(H,16,17)(H,18,19)/t12-/m1/s1. The van der Waals surface area contributed by atoms with Crippen molar-refractivity contribution >= 4 is 17.6 Å². The summed E-state index contributed by atoms with van der Waals surface area (Å²) in [4.78, 5) is 21.6. The summed E-state index contributed by atoms with van der Waals surface area (Å²) in [6, 6.07) is 1.89. The molecular formula is C13H17FN2O3. The van der Waals surface area contributed by atoms with Crippen LogP contribution in [0.1, 0.15) is 24.5 Å². The van der Waals surface area contributed by atoms with Crippen molar-refractivity contribution in [3.05, 3.63) is 29.1 Å². The maximum Gasteiger partial charge on any atom is 0.320 e. The molecule has 1 atom stereocenters. The van der Waals surface area contributed by atoms with Gasteiger partial charge < -0.3 is 16.2 Å². The molecule has 19 heavy (non-hydrogen) atoms. The van der Waals surface area contributed by atoms with Crippen molar-refractivity contribution in [2.24, 2.45) is 5.73 Å². The number of amides is 1. The van der Waals surface area contributed by atoms with Gasteiger partial charge in [0, 0.05) is 12.6 Å². The molecule has 1 aromatic rings. The van der Waals surface area contributed by atoms with Gasteiger partial charge in [0.05, 0.1) is 0 Å². The maximum absolute atomic E-state index is 13.7. The largest absolute Gasteiger partial charge is 0.480 e. The van der Waals surface area contributed by atoms with Gasteiger partial charge in [-0.25, -0.2) is 4.39 Å². The zero-order chi connectivity index (χ0) is 14.6. The van der Waals surface area contributed by atoms with Crippen LogP contribution in [0, 0.1) is 12.7 Å². The summed E-state index contributed by atoms with van der Waals surface area (Å²) in [6.07, 6.45) is 0.544. The van der Waals surface area contributed by atoms with Crippen LogP contribution in [0.5, 0.6) is 0 Å². The highest BCUT2D eigenvalue weighted by Crippen LogP contribution is 2.21. The molecule has 0 aromatic heterocycles. The molecule has 0 aliphatic rings. The predicted molar refractivity (Wildman–Crippen MR) is 69.4 cm³/mol. The van der Waals surface area contributed by atoms with Crippen LogP contribution < -0.4 is 11.1 Å². The highest BCUT2D eigenvalue weighted by molar-refractivity contribution is 5.88. The van der Waals surface area contributed by atoms with Gasteiger partial charge in [0.15, 0.2) is 0 Å². The van der Waals surface area contributed by atoms with E-state index in [0.717, 1.165) is 0 Å². The molecule has 0 fully saturated rings. The van der Waals surface area contributed by atoms with E-state index >= 15 is 0 Å². The minimum absolute atomic E-state index is 0.207. The second-order valence-electron chi connectivity index (χ2n) is 4.41. The maximum atomic E-state index is 13.7. The molecule has 4 N–H and O–H groups in total. The van der Waals surface area contributed by atoms with Crippen LogP contribution in [-0.4, -0.2) is 23.0 Å². The van der Waals surface area contributed by atoms with Gasteiger partial charge in [-0.05, 0) is 43.0 Å². The van der Waals surface area contributed by atoms with Crippen LogP contribution in [0.15, 0.2) is 12.1 Å². The molecule has 104 valence electrons. The van der Waals surface area contributed by atoms with Crippen LogP contribution in [0.2, 0.25) is 0 Å². The van der Waals surface area contributed by atoms with Crippen molar-refractivity contribution in [1.82, 2.24) is 0 Å². The number of hydrogen-bond acceptors (Lipinski definition) is 3. The Labute approximate surface area is 110 Å². The van der Waals surface area contributed by atoms with Crippen molar-refractivity contribution in [2.75, 3.05) is 5.32 Å². The molecule has 0 radical (unpaired) electrons. The first-order valence-corrected chi connectivity index (χ1v) is 5.86. The summed E-state index contributed by atoms with van der Waals surface area (Å²) in [5.74, 6) is -1.82. The first-order chi connectivity index (χ1) is 8.81. The van der Waals surface area contributed by atoms with E-state index < -0.39 is 17.8 Å². The summed E-state index contributed by atoms with van der Waals surface area (Å²) in [6.45, 7) is 2.94. The Kier molecular flexibility index (Phi) is 5.00. The zero-order valence-corrected chi connectivity index (χ0v) is 10.9. The van der Waals surface area contributed by atoms with Gasteiger partial charge in [-0.2, -0.15) is 0 Å². The predicted octanol–water partition coefficient (Wildman–Crippen LogP) is 1.44. The van der Waals surface area contributed by atoms with E-state index in [0.29, 0.717) is 23.2 Å². The molecular weight excluding hydrogens is 251 g/mol. The van der Waals surface area contributed by atoms with Crippen molar-refractivity contribution < 1.29 is 19.1 Å². The fraction of sp³-hybridized carbons (Fsp3) is 0.385. The van der Waals surface area contributed by atoms with Crippen LogP contribution >= 0.6 is 0 Å². The second-order valence-corrected chi connectivity index (χ2v) is 4.41. The molecule has 1 aromatic carbocycles. The number of hydrogen-bond donors (Lipinski definition) is 3. The minimum atomic E-state index is -1.09. The lowest BCUT2D eigenvalue weighted by Gasteiger charge is -2.12. The number of benzene rings is 1. The number of carboxylic acids is 1. The van der Waals surface area contributed by atoms with Crippen LogP contribution in [0.3, 0.4) is 0 Å². The van der Waals surface area contributed by atoms with Gasteiger partial charge >= 0.3 is 5.97 Å². The molecule has 0 saturated heterocycles. The van der Waals surface area contributed by atoms with Crippen molar-refractivity contribution in [1.29, 1.82) is 0 Å². The molecule has 6 heteroatoms. The Balaban J connectivity index is 2.89. The van der Waals surface area contributed by atoms with Crippen LogP contribution in [-0.2, 0) is 16.0 Å². The Hall–Kier alpha value is -1.95. The van der Waals surface area contributed by atoms with Crippen molar-refractivity contribution in [3.8, 4) is 0 Å². The third-order valence-corrected chi connectivity index (χ3v) is 2.81. The monoisotopic (exact) mass is 268 g/mol. The number of halogens is 1. The van der Waals surface area contributed by atoms with Gasteiger partial charge in [0.25, 0.3) is 0 Å². The first kappa shape index (κ1) is 15.1. The lowest BCUT2D eigenvalue weighted by Crippen LogP contribution is -2.30. The van der Waals surface area contributed by atoms with Crippen LogP contribution in [0.4, 0.5) is 10.1 Å². The SMILES string of the molecule is CC(=O)Nc1cc(F)c(C)c(CC[C@@H](N)C(=O)O)c1. The third kappa shape index (κ3) is 4.33. The normalized spacial score (nSPS) is 12.0. The molecule has 0 spiro atoms. The topological polar surface area (TPSA) is 92.4 Å². The average molecular weight is 268 g/mol. The zero-order valence-electron chi connectivity index (χ0n) is 10.9.